The summed E-state index contributed by atoms with van der Waals surface area (Å²) in [5.74, 6) is -0.679. The van der Waals surface area contributed by atoms with Gasteiger partial charge in [-0.25, -0.2) is 4.98 Å². The maximum atomic E-state index is 11.8. The normalized spacial score (nSPS) is 9.86. The van der Waals surface area contributed by atoms with E-state index < -0.39 is 0 Å². The molecule has 0 spiro atoms. The minimum atomic E-state index is -0.372. The summed E-state index contributed by atoms with van der Waals surface area (Å²) in [6.07, 6.45) is 1.59. The van der Waals surface area contributed by atoms with E-state index in [1.54, 1.807) is 18.3 Å². The highest BCUT2D eigenvalue weighted by atomic mass is 16.5. The predicted molar refractivity (Wildman–Crippen MR) is 82.9 cm³/mol. The Morgan fingerprint density at radius 2 is 1.86 bits per heavy atom. The summed E-state index contributed by atoms with van der Waals surface area (Å²) in [5.41, 5.74) is 2.05. The second-order valence-electron chi connectivity index (χ2n) is 4.52. The number of anilines is 2. The zero-order valence-electron chi connectivity index (χ0n) is 12.2. The first-order valence-electron chi connectivity index (χ1n) is 6.85. The largest absolute Gasteiger partial charge is 0.464 e. The summed E-state index contributed by atoms with van der Waals surface area (Å²) in [5, 5.41) is 5.81. The molecule has 1 amide bonds. The number of carbonyl (C=O) groups excluding carboxylic acids is 2. The molecule has 0 unspecified atom stereocenters. The molecule has 0 atom stereocenters. The van der Waals surface area contributed by atoms with Crippen LogP contribution in [-0.4, -0.2) is 30.0 Å². The van der Waals surface area contributed by atoms with E-state index in [-0.39, 0.29) is 25.0 Å². The number of aromatic nitrogens is 1. The van der Waals surface area contributed by atoms with E-state index in [9.17, 15) is 9.59 Å². The van der Waals surface area contributed by atoms with E-state index in [1.165, 1.54) is 6.92 Å². The van der Waals surface area contributed by atoms with E-state index in [0.29, 0.717) is 5.69 Å². The quantitative estimate of drug-likeness (QED) is 0.631. The fraction of sp³-hybridized carbons (Fsp3) is 0.188. The van der Waals surface area contributed by atoms with Crippen molar-refractivity contribution in [1.29, 1.82) is 0 Å². The Labute approximate surface area is 128 Å². The number of nitrogens with one attached hydrogen (secondary N) is 2. The number of esters is 1. The predicted octanol–water partition coefficient (Wildman–Crippen LogP) is 2.12. The molecule has 2 N–H and O–H groups in total. The van der Waals surface area contributed by atoms with Gasteiger partial charge in [0.1, 0.15) is 12.3 Å². The smallest absolute Gasteiger partial charge is 0.302 e. The molecule has 0 bridgehead atoms. The van der Waals surface area contributed by atoms with Crippen LogP contribution in [0.5, 0.6) is 0 Å². The van der Waals surface area contributed by atoms with Crippen molar-refractivity contribution in [2.24, 2.45) is 0 Å². The molecule has 2 rings (SSSR count). The van der Waals surface area contributed by atoms with Crippen molar-refractivity contribution in [2.75, 3.05) is 18.5 Å². The molecule has 0 aliphatic heterocycles. The van der Waals surface area contributed by atoms with Crippen molar-refractivity contribution in [3.05, 3.63) is 54.4 Å². The molecule has 1 aromatic heterocycles. The van der Waals surface area contributed by atoms with Gasteiger partial charge in [-0.2, -0.15) is 0 Å². The van der Waals surface area contributed by atoms with Crippen LogP contribution in [-0.2, 0) is 9.53 Å². The van der Waals surface area contributed by atoms with Crippen LogP contribution in [0.15, 0.2) is 48.7 Å². The first-order chi connectivity index (χ1) is 10.6. The van der Waals surface area contributed by atoms with Crippen LogP contribution in [0.2, 0.25) is 0 Å². The second-order valence-corrected chi connectivity index (χ2v) is 4.52. The number of hydrogen-bond donors (Lipinski definition) is 2. The first kappa shape index (κ1) is 15.5. The van der Waals surface area contributed by atoms with Gasteiger partial charge in [-0.1, -0.05) is 18.2 Å². The summed E-state index contributed by atoms with van der Waals surface area (Å²) >= 11 is 0. The molecule has 22 heavy (non-hydrogen) atoms. The monoisotopic (exact) mass is 299 g/mol. The van der Waals surface area contributed by atoms with Gasteiger partial charge < -0.3 is 15.4 Å². The molecule has 0 saturated heterocycles. The number of para-hydroxylation sites is 1. The lowest BCUT2D eigenvalue weighted by atomic mass is 10.3. The molecule has 6 nitrogen and oxygen atoms in total. The van der Waals surface area contributed by atoms with Gasteiger partial charge in [-0.3, -0.25) is 9.59 Å². The lowest BCUT2D eigenvalue weighted by Crippen LogP contribution is -2.28. The molecule has 114 valence electrons. The van der Waals surface area contributed by atoms with Crippen LogP contribution in [0.1, 0.15) is 17.4 Å². The minimum Gasteiger partial charge on any atom is -0.464 e. The van der Waals surface area contributed by atoms with Crippen LogP contribution in [0.4, 0.5) is 11.4 Å². The second kappa shape index (κ2) is 7.78. The zero-order valence-corrected chi connectivity index (χ0v) is 12.2. The number of hydrogen-bond acceptors (Lipinski definition) is 5. The molecule has 1 heterocycles. The molecule has 0 radical (unpaired) electrons. The van der Waals surface area contributed by atoms with Crippen molar-refractivity contribution < 1.29 is 14.3 Å². The number of nitrogens with zero attached hydrogens (tertiary/aromatic N) is 1. The number of benzene rings is 1. The van der Waals surface area contributed by atoms with Gasteiger partial charge in [0.25, 0.3) is 5.91 Å². The highest BCUT2D eigenvalue weighted by molar-refractivity contribution is 5.92. The van der Waals surface area contributed by atoms with Gasteiger partial charge in [-0.05, 0) is 24.3 Å². The van der Waals surface area contributed by atoms with Crippen molar-refractivity contribution in [1.82, 2.24) is 10.3 Å². The summed E-state index contributed by atoms with van der Waals surface area (Å²) in [6, 6.07) is 13.1. The third-order valence-corrected chi connectivity index (χ3v) is 2.75. The van der Waals surface area contributed by atoms with Crippen molar-refractivity contribution in [3.63, 3.8) is 0 Å². The minimum absolute atomic E-state index is 0.148. The van der Waals surface area contributed by atoms with Gasteiger partial charge in [0.15, 0.2) is 0 Å². The standard InChI is InChI=1S/C16H17N3O3/c1-12(20)22-10-9-17-16(21)15-8-7-14(11-18-15)19-13-5-3-2-4-6-13/h2-8,11,19H,9-10H2,1H3,(H,17,21). The Kier molecular flexibility index (Phi) is 5.48. The lowest BCUT2D eigenvalue weighted by Gasteiger charge is -2.07. The SMILES string of the molecule is CC(=O)OCCNC(=O)c1ccc(Nc2ccccc2)cn1. The highest BCUT2D eigenvalue weighted by Crippen LogP contribution is 2.14. The summed E-state index contributed by atoms with van der Waals surface area (Å²) < 4.78 is 4.73. The number of carbonyl (C=O) groups is 2. The van der Waals surface area contributed by atoms with E-state index in [0.717, 1.165) is 11.4 Å². The Bertz CT molecular complexity index is 627. The van der Waals surface area contributed by atoms with Gasteiger partial charge in [0, 0.05) is 12.6 Å². The van der Waals surface area contributed by atoms with Crippen LogP contribution in [0.25, 0.3) is 0 Å². The molecule has 0 saturated carbocycles. The van der Waals surface area contributed by atoms with E-state index in [4.69, 9.17) is 4.74 Å². The third kappa shape index (κ3) is 4.90. The average molecular weight is 299 g/mol. The molecule has 1 aromatic carbocycles. The maximum Gasteiger partial charge on any atom is 0.302 e. The first-order valence-corrected chi connectivity index (χ1v) is 6.85. The maximum absolute atomic E-state index is 11.8. The molecular weight excluding hydrogens is 282 g/mol. The van der Waals surface area contributed by atoms with Gasteiger partial charge in [0.2, 0.25) is 0 Å². The average Bonchev–Trinajstić information content (AvgIpc) is 2.53. The van der Waals surface area contributed by atoms with E-state index in [2.05, 4.69) is 15.6 Å². The van der Waals surface area contributed by atoms with Crippen molar-refractivity contribution in [3.8, 4) is 0 Å². The summed E-state index contributed by atoms with van der Waals surface area (Å²) in [7, 11) is 0. The fourth-order valence-corrected chi connectivity index (χ4v) is 1.74. The summed E-state index contributed by atoms with van der Waals surface area (Å²) in [6.45, 7) is 1.72. The fourth-order valence-electron chi connectivity index (χ4n) is 1.74. The topological polar surface area (TPSA) is 80.3 Å². The molecule has 2 aromatic rings. The molecule has 0 aliphatic carbocycles. The van der Waals surface area contributed by atoms with Crippen LogP contribution < -0.4 is 10.6 Å². The van der Waals surface area contributed by atoms with E-state index >= 15 is 0 Å². The Morgan fingerprint density at radius 1 is 1.09 bits per heavy atom. The molecular formula is C16H17N3O3. The Balaban J connectivity index is 1.85. The Morgan fingerprint density at radius 3 is 2.50 bits per heavy atom. The number of pyridine rings is 1. The molecule has 0 fully saturated rings. The number of rotatable bonds is 6. The number of ether oxygens (including phenoxy) is 1. The molecule has 0 aliphatic rings. The lowest BCUT2D eigenvalue weighted by molar-refractivity contribution is -0.140. The van der Waals surface area contributed by atoms with E-state index in [1.807, 2.05) is 30.3 Å². The molecule has 6 heteroatoms. The van der Waals surface area contributed by atoms with Crippen LogP contribution in [0, 0.1) is 0 Å². The summed E-state index contributed by atoms with van der Waals surface area (Å²) in [4.78, 5) is 26.5. The highest BCUT2D eigenvalue weighted by Gasteiger charge is 2.06. The number of amides is 1. The van der Waals surface area contributed by atoms with Gasteiger partial charge in [-0.15, -0.1) is 0 Å². The van der Waals surface area contributed by atoms with Gasteiger partial charge in [0.05, 0.1) is 18.4 Å². The van der Waals surface area contributed by atoms with Gasteiger partial charge >= 0.3 is 5.97 Å². The van der Waals surface area contributed by atoms with Crippen LogP contribution >= 0.6 is 0 Å². The third-order valence-electron chi connectivity index (χ3n) is 2.75. The zero-order chi connectivity index (χ0) is 15.8. The van der Waals surface area contributed by atoms with Crippen molar-refractivity contribution in [2.45, 2.75) is 6.92 Å². The van der Waals surface area contributed by atoms with Crippen LogP contribution in [0.3, 0.4) is 0 Å². The Hall–Kier alpha value is -2.89. The van der Waals surface area contributed by atoms with Crippen molar-refractivity contribution >= 4 is 23.3 Å².